The van der Waals surface area contributed by atoms with Crippen LogP contribution in [-0.4, -0.2) is 54.5 Å². The molecule has 1 fully saturated rings. The fourth-order valence-electron chi connectivity index (χ4n) is 4.67. The minimum atomic E-state index is -0.744. The topological polar surface area (TPSA) is 79.0 Å². The van der Waals surface area contributed by atoms with Crippen LogP contribution in [0.3, 0.4) is 0 Å². The van der Waals surface area contributed by atoms with E-state index in [-0.39, 0.29) is 5.84 Å². The van der Waals surface area contributed by atoms with Crippen molar-refractivity contribution in [2.75, 3.05) is 20.2 Å². The molecule has 0 saturated carbocycles. The largest absolute Gasteiger partial charge is 0.451 e. The third-order valence-corrected chi connectivity index (χ3v) is 6.79. The second-order valence-electron chi connectivity index (χ2n) is 9.72. The maximum absolute atomic E-state index is 12.3. The minimum Gasteiger partial charge on any atom is -0.451 e. The van der Waals surface area contributed by atoms with E-state index in [0.29, 0.717) is 17.2 Å². The van der Waals surface area contributed by atoms with Crippen LogP contribution in [0.5, 0.6) is 0 Å². The number of methoxy groups -OCH3 is 1. The van der Waals surface area contributed by atoms with Crippen LogP contribution in [0.15, 0.2) is 141 Å². The van der Waals surface area contributed by atoms with E-state index in [1.54, 1.807) is 0 Å². The lowest BCUT2D eigenvalue weighted by Crippen LogP contribution is -2.37. The molecule has 0 aromatic heterocycles. The highest BCUT2D eigenvalue weighted by atomic mass is 16.5. The standard InChI is InChI=1S/C35H33N5O2/c1-42-35(41)39-33(29-21-11-4-12-22-29)37-31(27-17-7-2-8-18-27)36-32(28-19-9-3-10-20-28)38-34(30-23-13-5-14-24-30)40-25-15-6-16-26-40/h2-5,7-14,17-24H,6,15-16,25-26H2,1H3/b36-32?,37-31?,38-34?,39-33+. The minimum absolute atomic E-state index is 0.195. The van der Waals surface area contributed by atoms with Crippen molar-refractivity contribution in [3.63, 3.8) is 0 Å². The summed E-state index contributed by atoms with van der Waals surface area (Å²) in [5, 5.41) is 0. The zero-order valence-corrected chi connectivity index (χ0v) is 23.6. The number of likely N-dealkylation sites (tertiary alicyclic amines) is 1. The van der Waals surface area contributed by atoms with Gasteiger partial charge >= 0.3 is 6.09 Å². The summed E-state index contributed by atoms with van der Waals surface area (Å²) < 4.78 is 4.85. The molecule has 7 heteroatoms. The number of amidine groups is 4. The molecule has 210 valence electrons. The summed E-state index contributed by atoms with van der Waals surface area (Å²) in [7, 11) is 1.29. The van der Waals surface area contributed by atoms with Gasteiger partial charge < -0.3 is 9.64 Å². The Hall–Kier alpha value is -5.17. The first kappa shape index (κ1) is 28.4. The average Bonchev–Trinajstić information content (AvgIpc) is 3.07. The van der Waals surface area contributed by atoms with Gasteiger partial charge in [0.1, 0.15) is 5.84 Å². The van der Waals surface area contributed by atoms with Crippen molar-refractivity contribution < 1.29 is 9.53 Å². The lowest BCUT2D eigenvalue weighted by molar-refractivity contribution is 0.182. The van der Waals surface area contributed by atoms with E-state index in [4.69, 9.17) is 19.7 Å². The summed E-state index contributed by atoms with van der Waals surface area (Å²) in [6, 6.07) is 39.1. The second-order valence-corrected chi connectivity index (χ2v) is 9.72. The molecule has 4 aromatic carbocycles. The van der Waals surface area contributed by atoms with E-state index in [9.17, 15) is 4.79 Å². The first-order valence-corrected chi connectivity index (χ1v) is 14.1. The SMILES string of the molecule is COC(=O)/N=C(/N=C(N=C(N=C(c1ccccc1)N1CCCCC1)c1ccccc1)c1ccccc1)c1ccccc1. The molecular formula is C35H33N5O2. The van der Waals surface area contributed by atoms with Crippen LogP contribution in [-0.2, 0) is 4.74 Å². The molecule has 42 heavy (non-hydrogen) atoms. The highest BCUT2D eigenvalue weighted by Gasteiger charge is 2.19. The molecule has 0 N–H and O–H groups in total. The van der Waals surface area contributed by atoms with Gasteiger partial charge in [0.25, 0.3) is 0 Å². The molecular weight excluding hydrogens is 522 g/mol. The first-order valence-electron chi connectivity index (χ1n) is 14.1. The second kappa shape index (κ2) is 14.5. The smallest absolute Gasteiger partial charge is 0.435 e. The molecule has 0 bridgehead atoms. The van der Waals surface area contributed by atoms with Crippen LogP contribution in [0, 0.1) is 0 Å². The Morgan fingerprint density at radius 3 is 1.33 bits per heavy atom. The van der Waals surface area contributed by atoms with Gasteiger partial charge in [-0.25, -0.2) is 19.8 Å². The number of rotatable bonds is 4. The highest BCUT2D eigenvalue weighted by molar-refractivity contribution is 6.20. The Balaban J connectivity index is 1.73. The van der Waals surface area contributed by atoms with Gasteiger partial charge in [0, 0.05) is 35.3 Å². The van der Waals surface area contributed by atoms with Crippen LogP contribution in [0.2, 0.25) is 0 Å². The van der Waals surface area contributed by atoms with Gasteiger partial charge in [-0.1, -0.05) is 121 Å². The van der Waals surface area contributed by atoms with E-state index in [1.165, 1.54) is 13.5 Å². The van der Waals surface area contributed by atoms with Gasteiger partial charge in [0.05, 0.1) is 7.11 Å². The number of aliphatic imine (C=N–C) groups is 4. The van der Waals surface area contributed by atoms with Crippen LogP contribution < -0.4 is 0 Å². The Morgan fingerprint density at radius 1 is 0.524 bits per heavy atom. The van der Waals surface area contributed by atoms with Crippen LogP contribution >= 0.6 is 0 Å². The van der Waals surface area contributed by atoms with Gasteiger partial charge in [-0.2, -0.15) is 4.99 Å². The Morgan fingerprint density at radius 2 is 0.905 bits per heavy atom. The Kier molecular flexibility index (Phi) is 9.76. The maximum atomic E-state index is 12.3. The number of hydrogen-bond donors (Lipinski definition) is 0. The van der Waals surface area contributed by atoms with E-state index < -0.39 is 6.09 Å². The van der Waals surface area contributed by atoms with Gasteiger partial charge in [0.2, 0.25) is 0 Å². The molecule has 1 aliphatic heterocycles. The first-order chi connectivity index (χ1) is 20.7. The van der Waals surface area contributed by atoms with Gasteiger partial charge in [0.15, 0.2) is 17.5 Å². The molecule has 0 aliphatic carbocycles. The Bertz CT molecular complexity index is 1580. The van der Waals surface area contributed by atoms with Crippen molar-refractivity contribution in [3.8, 4) is 0 Å². The van der Waals surface area contributed by atoms with E-state index >= 15 is 0 Å². The molecule has 0 unspecified atom stereocenters. The van der Waals surface area contributed by atoms with Crippen molar-refractivity contribution in [2.45, 2.75) is 19.3 Å². The molecule has 7 nitrogen and oxygen atoms in total. The summed E-state index contributed by atoms with van der Waals surface area (Å²) >= 11 is 0. The summed E-state index contributed by atoms with van der Waals surface area (Å²) in [6.45, 7) is 1.86. The average molecular weight is 556 g/mol. The predicted molar refractivity (Wildman–Crippen MR) is 170 cm³/mol. The van der Waals surface area contributed by atoms with Gasteiger partial charge in [-0.05, 0) is 19.3 Å². The molecule has 1 amide bonds. The normalized spacial score (nSPS) is 14.9. The van der Waals surface area contributed by atoms with E-state index in [2.05, 4.69) is 22.0 Å². The molecule has 1 saturated heterocycles. The third kappa shape index (κ3) is 7.52. The number of hydrogen-bond acceptors (Lipinski definition) is 2. The van der Waals surface area contributed by atoms with Crippen LogP contribution in [0.25, 0.3) is 0 Å². The molecule has 0 atom stereocenters. The fourth-order valence-corrected chi connectivity index (χ4v) is 4.67. The lowest BCUT2D eigenvalue weighted by Gasteiger charge is -2.30. The number of carbonyl (C=O) groups is 1. The summed E-state index contributed by atoms with van der Waals surface area (Å²) in [6.07, 6.45) is 2.70. The molecule has 4 aromatic rings. The number of piperidine rings is 1. The maximum Gasteiger partial charge on any atom is 0.435 e. The zero-order chi connectivity index (χ0) is 29.0. The number of amides is 1. The van der Waals surface area contributed by atoms with Crippen molar-refractivity contribution in [2.24, 2.45) is 20.0 Å². The number of benzene rings is 4. The Labute approximate surface area is 246 Å². The quantitative estimate of drug-likeness (QED) is 0.200. The molecule has 0 spiro atoms. The summed E-state index contributed by atoms with van der Waals surface area (Å²) in [4.78, 5) is 34.0. The molecule has 1 heterocycles. The predicted octanol–water partition coefficient (Wildman–Crippen LogP) is 7.03. The van der Waals surface area contributed by atoms with Crippen molar-refractivity contribution >= 4 is 29.4 Å². The summed E-state index contributed by atoms with van der Waals surface area (Å²) in [5.41, 5.74) is 3.29. The highest BCUT2D eigenvalue weighted by Crippen LogP contribution is 2.17. The third-order valence-electron chi connectivity index (χ3n) is 6.79. The monoisotopic (exact) mass is 555 g/mol. The van der Waals surface area contributed by atoms with Crippen molar-refractivity contribution in [1.29, 1.82) is 0 Å². The molecule has 0 radical (unpaired) electrons. The zero-order valence-electron chi connectivity index (χ0n) is 23.6. The van der Waals surface area contributed by atoms with E-state index in [1.807, 2.05) is 109 Å². The number of nitrogens with zero attached hydrogens (tertiary/aromatic N) is 5. The molecule has 1 aliphatic rings. The molecule has 5 rings (SSSR count). The van der Waals surface area contributed by atoms with Gasteiger partial charge in [-0.15, -0.1) is 0 Å². The number of ether oxygens (including phenoxy) is 1. The van der Waals surface area contributed by atoms with Crippen LogP contribution in [0.4, 0.5) is 4.79 Å². The number of carbonyl (C=O) groups excluding carboxylic acids is 1. The summed E-state index contributed by atoms with van der Waals surface area (Å²) in [5.74, 6) is 1.95. The lowest BCUT2D eigenvalue weighted by atomic mass is 10.1. The van der Waals surface area contributed by atoms with E-state index in [0.717, 1.165) is 48.5 Å². The van der Waals surface area contributed by atoms with Crippen LogP contribution in [0.1, 0.15) is 41.5 Å². The van der Waals surface area contributed by atoms with Crippen molar-refractivity contribution in [3.05, 3.63) is 144 Å². The fraction of sp³-hybridized carbons (Fsp3) is 0.171. The van der Waals surface area contributed by atoms with Gasteiger partial charge in [-0.3, -0.25) is 0 Å². The van der Waals surface area contributed by atoms with Crippen molar-refractivity contribution in [1.82, 2.24) is 4.90 Å².